The number of rotatable bonds is 8. The first kappa shape index (κ1) is 20.4. The van der Waals surface area contributed by atoms with E-state index in [9.17, 15) is 13.6 Å². The Morgan fingerprint density at radius 1 is 1.17 bits per heavy atom. The summed E-state index contributed by atoms with van der Waals surface area (Å²) in [5, 5.41) is 6.67. The first-order chi connectivity index (χ1) is 14.0. The van der Waals surface area contributed by atoms with E-state index in [2.05, 4.69) is 15.5 Å². The number of nitrogens with one attached hydrogen (secondary N) is 1. The van der Waals surface area contributed by atoms with Crippen molar-refractivity contribution in [3.63, 3.8) is 0 Å². The molecule has 1 amide bonds. The number of benzene rings is 2. The topological polar surface area (TPSA) is 77.2 Å². The number of carbonyl (C=O) groups is 1. The lowest BCUT2D eigenvalue weighted by molar-refractivity contribution is -0.121. The molecule has 0 radical (unpaired) electrons. The predicted octanol–water partition coefficient (Wildman–Crippen LogP) is 4.22. The van der Waals surface area contributed by atoms with Crippen LogP contribution in [0.4, 0.5) is 8.78 Å². The Kier molecular flexibility index (Phi) is 6.54. The quantitative estimate of drug-likeness (QED) is 0.611. The maximum absolute atomic E-state index is 13.3. The summed E-state index contributed by atoms with van der Waals surface area (Å²) in [6, 6.07) is 10.4. The molecule has 0 saturated carbocycles. The van der Waals surface area contributed by atoms with Crippen molar-refractivity contribution in [1.82, 2.24) is 15.5 Å². The van der Waals surface area contributed by atoms with Crippen LogP contribution in [0.3, 0.4) is 0 Å². The number of nitrogens with zero attached hydrogens (tertiary/aromatic N) is 2. The Balaban J connectivity index is 1.53. The molecule has 8 heteroatoms. The number of aromatic nitrogens is 2. The number of carbonyl (C=O) groups excluding carboxylic acids is 1. The van der Waals surface area contributed by atoms with Crippen LogP contribution in [0.25, 0.3) is 11.4 Å². The molecule has 0 aliphatic carbocycles. The molecule has 29 heavy (non-hydrogen) atoms. The molecule has 1 unspecified atom stereocenters. The SMILES string of the molecule is CCOc1ccc(-c2noc(CCC(=O)NC(C)c3ccc(F)c(F)c3)n2)cc1. The van der Waals surface area contributed by atoms with Crippen LogP contribution in [0.2, 0.25) is 0 Å². The maximum Gasteiger partial charge on any atom is 0.227 e. The molecule has 3 rings (SSSR count). The van der Waals surface area contributed by atoms with Crippen LogP contribution in [0.1, 0.15) is 37.8 Å². The number of hydrogen-bond donors (Lipinski definition) is 1. The van der Waals surface area contributed by atoms with E-state index < -0.39 is 17.7 Å². The van der Waals surface area contributed by atoms with Gasteiger partial charge in [-0.05, 0) is 55.8 Å². The summed E-state index contributed by atoms with van der Waals surface area (Å²) < 4.78 is 36.9. The Bertz CT molecular complexity index is 974. The summed E-state index contributed by atoms with van der Waals surface area (Å²) in [6.45, 7) is 4.19. The molecule has 2 aromatic carbocycles. The van der Waals surface area contributed by atoms with Crippen molar-refractivity contribution in [3.05, 3.63) is 65.6 Å². The molecule has 152 valence electrons. The molecule has 1 atom stereocenters. The number of amides is 1. The van der Waals surface area contributed by atoms with Gasteiger partial charge in [-0.15, -0.1) is 0 Å². The standard InChI is InChI=1S/C21H21F2N3O3/c1-3-28-16-7-4-14(5-8-16)21-25-20(29-26-21)11-10-19(27)24-13(2)15-6-9-17(22)18(23)12-15/h4-9,12-13H,3,10-11H2,1-2H3,(H,24,27). The van der Waals surface area contributed by atoms with Crippen LogP contribution in [0.5, 0.6) is 5.75 Å². The minimum Gasteiger partial charge on any atom is -0.494 e. The van der Waals surface area contributed by atoms with Crippen molar-refractivity contribution in [2.45, 2.75) is 32.7 Å². The average Bonchev–Trinajstić information content (AvgIpc) is 3.18. The van der Waals surface area contributed by atoms with Crippen LogP contribution in [-0.2, 0) is 11.2 Å². The summed E-state index contributed by atoms with van der Waals surface area (Å²) in [7, 11) is 0. The third-order valence-corrected chi connectivity index (χ3v) is 4.28. The van der Waals surface area contributed by atoms with Gasteiger partial charge in [0.2, 0.25) is 17.6 Å². The van der Waals surface area contributed by atoms with E-state index in [0.29, 0.717) is 23.9 Å². The number of aryl methyl sites for hydroxylation is 1. The zero-order valence-corrected chi connectivity index (χ0v) is 16.1. The van der Waals surface area contributed by atoms with Gasteiger partial charge in [-0.3, -0.25) is 4.79 Å². The molecular weight excluding hydrogens is 380 g/mol. The van der Waals surface area contributed by atoms with Crippen molar-refractivity contribution in [1.29, 1.82) is 0 Å². The van der Waals surface area contributed by atoms with Crippen molar-refractivity contribution < 1.29 is 22.8 Å². The minimum absolute atomic E-state index is 0.124. The largest absolute Gasteiger partial charge is 0.494 e. The monoisotopic (exact) mass is 401 g/mol. The van der Waals surface area contributed by atoms with Crippen molar-refractivity contribution in [2.24, 2.45) is 0 Å². The van der Waals surface area contributed by atoms with Gasteiger partial charge in [0.1, 0.15) is 5.75 Å². The summed E-state index contributed by atoms with van der Waals surface area (Å²) >= 11 is 0. The lowest BCUT2D eigenvalue weighted by Crippen LogP contribution is -2.27. The Labute approximate surface area is 166 Å². The van der Waals surface area contributed by atoms with E-state index in [1.54, 1.807) is 6.92 Å². The van der Waals surface area contributed by atoms with Gasteiger partial charge in [0.25, 0.3) is 0 Å². The number of hydrogen-bond acceptors (Lipinski definition) is 5. The van der Waals surface area contributed by atoms with Crippen molar-refractivity contribution >= 4 is 5.91 Å². The third kappa shape index (κ3) is 5.37. The zero-order chi connectivity index (χ0) is 20.8. The van der Waals surface area contributed by atoms with Crippen LogP contribution < -0.4 is 10.1 Å². The first-order valence-corrected chi connectivity index (χ1v) is 9.26. The van der Waals surface area contributed by atoms with E-state index in [0.717, 1.165) is 23.4 Å². The van der Waals surface area contributed by atoms with Gasteiger partial charge < -0.3 is 14.6 Å². The van der Waals surface area contributed by atoms with E-state index in [1.165, 1.54) is 6.07 Å². The molecule has 1 aromatic heterocycles. The fraction of sp³-hybridized carbons (Fsp3) is 0.286. The van der Waals surface area contributed by atoms with E-state index in [1.807, 2.05) is 31.2 Å². The van der Waals surface area contributed by atoms with Gasteiger partial charge in [0.05, 0.1) is 12.6 Å². The van der Waals surface area contributed by atoms with Gasteiger partial charge in [-0.25, -0.2) is 8.78 Å². The highest BCUT2D eigenvalue weighted by atomic mass is 19.2. The first-order valence-electron chi connectivity index (χ1n) is 9.26. The zero-order valence-electron chi connectivity index (χ0n) is 16.1. The van der Waals surface area contributed by atoms with Gasteiger partial charge >= 0.3 is 0 Å². The average molecular weight is 401 g/mol. The maximum atomic E-state index is 13.3. The lowest BCUT2D eigenvalue weighted by Gasteiger charge is -2.14. The second-order valence-electron chi connectivity index (χ2n) is 6.43. The summed E-state index contributed by atoms with van der Waals surface area (Å²) in [5.41, 5.74) is 1.26. The summed E-state index contributed by atoms with van der Waals surface area (Å²) in [4.78, 5) is 16.4. The fourth-order valence-electron chi connectivity index (χ4n) is 2.74. The summed E-state index contributed by atoms with van der Waals surface area (Å²) in [5.74, 6) is -0.610. The molecule has 3 aromatic rings. The summed E-state index contributed by atoms with van der Waals surface area (Å²) in [6.07, 6.45) is 0.388. The second-order valence-corrected chi connectivity index (χ2v) is 6.43. The molecule has 6 nitrogen and oxygen atoms in total. The number of ether oxygens (including phenoxy) is 1. The van der Waals surface area contributed by atoms with Crippen LogP contribution >= 0.6 is 0 Å². The van der Waals surface area contributed by atoms with E-state index >= 15 is 0 Å². The highest BCUT2D eigenvalue weighted by Gasteiger charge is 2.14. The Hall–Kier alpha value is -3.29. The van der Waals surface area contributed by atoms with Crippen molar-refractivity contribution in [2.75, 3.05) is 6.61 Å². The van der Waals surface area contributed by atoms with Gasteiger partial charge in [-0.2, -0.15) is 4.98 Å². The van der Waals surface area contributed by atoms with Gasteiger partial charge in [0.15, 0.2) is 11.6 Å². The van der Waals surface area contributed by atoms with E-state index in [-0.39, 0.29) is 18.7 Å². The second kappa shape index (κ2) is 9.27. The highest BCUT2D eigenvalue weighted by Crippen LogP contribution is 2.20. The fourth-order valence-corrected chi connectivity index (χ4v) is 2.74. The molecule has 0 bridgehead atoms. The molecule has 0 aliphatic rings. The van der Waals surface area contributed by atoms with Crippen molar-refractivity contribution in [3.8, 4) is 17.1 Å². The predicted molar refractivity (Wildman–Crippen MR) is 102 cm³/mol. The highest BCUT2D eigenvalue weighted by molar-refractivity contribution is 5.76. The van der Waals surface area contributed by atoms with Gasteiger partial charge in [0, 0.05) is 18.4 Å². The molecule has 0 spiro atoms. The van der Waals surface area contributed by atoms with Gasteiger partial charge in [-0.1, -0.05) is 11.2 Å². The molecular formula is C21H21F2N3O3. The van der Waals surface area contributed by atoms with Crippen LogP contribution in [0, 0.1) is 11.6 Å². The molecule has 0 fully saturated rings. The third-order valence-electron chi connectivity index (χ3n) is 4.28. The van der Waals surface area contributed by atoms with Crippen LogP contribution in [0.15, 0.2) is 47.0 Å². The molecule has 1 N–H and O–H groups in total. The number of halogens is 2. The van der Waals surface area contributed by atoms with E-state index in [4.69, 9.17) is 9.26 Å². The smallest absolute Gasteiger partial charge is 0.227 e. The van der Waals surface area contributed by atoms with Crippen LogP contribution in [-0.4, -0.2) is 22.7 Å². The normalized spacial score (nSPS) is 11.9. The molecule has 0 saturated heterocycles. The Morgan fingerprint density at radius 2 is 1.93 bits per heavy atom. The Morgan fingerprint density at radius 3 is 2.62 bits per heavy atom. The minimum atomic E-state index is -0.948. The molecule has 0 aliphatic heterocycles. The lowest BCUT2D eigenvalue weighted by atomic mass is 10.1. The molecule has 1 heterocycles.